The molecule has 3 heteroatoms. The minimum Gasteiger partial charge on any atom is -0.457 e. The normalized spacial score (nSPS) is 12.0. The molecule has 2 aromatic rings. The first-order chi connectivity index (χ1) is 10.1. The highest BCUT2D eigenvalue weighted by atomic mass is 16.5. The number of rotatable bonds is 6. The molecule has 0 saturated carbocycles. The Morgan fingerprint density at radius 2 is 1.71 bits per heavy atom. The molecular formula is C18H24N2O. The van der Waals surface area contributed by atoms with E-state index in [2.05, 4.69) is 35.3 Å². The number of hydrogen-bond donors (Lipinski definition) is 1. The van der Waals surface area contributed by atoms with Gasteiger partial charge in [-0.25, -0.2) is 0 Å². The van der Waals surface area contributed by atoms with Gasteiger partial charge in [-0.05, 0) is 43.3 Å². The van der Waals surface area contributed by atoms with Crippen molar-refractivity contribution in [1.82, 2.24) is 5.32 Å². The van der Waals surface area contributed by atoms with Crippen molar-refractivity contribution in [2.24, 2.45) is 0 Å². The third-order valence-electron chi connectivity index (χ3n) is 3.59. The summed E-state index contributed by atoms with van der Waals surface area (Å²) in [5.74, 6) is 1.73. The first kappa shape index (κ1) is 15.4. The van der Waals surface area contributed by atoms with E-state index in [1.165, 1.54) is 5.56 Å². The molecule has 1 N–H and O–H groups in total. The van der Waals surface area contributed by atoms with Gasteiger partial charge in [-0.1, -0.05) is 25.1 Å². The lowest BCUT2D eigenvalue weighted by molar-refractivity contribution is 0.479. The van der Waals surface area contributed by atoms with Crippen LogP contribution in [0.5, 0.6) is 11.5 Å². The second-order valence-corrected chi connectivity index (χ2v) is 5.32. The minimum absolute atomic E-state index is 0.363. The van der Waals surface area contributed by atoms with Crippen LogP contribution in [0.3, 0.4) is 0 Å². The molecule has 0 saturated heterocycles. The first-order valence-electron chi connectivity index (χ1n) is 7.36. The highest BCUT2D eigenvalue weighted by Crippen LogP contribution is 2.27. The Morgan fingerprint density at radius 1 is 1.05 bits per heavy atom. The van der Waals surface area contributed by atoms with Gasteiger partial charge in [0.2, 0.25) is 0 Å². The second kappa shape index (κ2) is 7.14. The summed E-state index contributed by atoms with van der Waals surface area (Å²) in [6.45, 7) is 2.18. The van der Waals surface area contributed by atoms with E-state index in [0.29, 0.717) is 6.04 Å². The average molecular weight is 284 g/mol. The van der Waals surface area contributed by atoms with Gasteiger partial charge in [-0.3, -0.25) is 0 Å². The molecule has 112 valence electrons. The summed E-state index contributed by atoms with van der Waals surface area (Å²) in [4.78, 5) is 2.07. The molecular weight excluding hydrogens is 260 g/mol. The summed E-state index contributed by atoms with van der Waals surface area (Å²) >= 11 is 0. The quantitative estimate of drug-likeness (QED) is 0.859. The fraction of sp³-hybridized carbons (Fsp3) is 0.333. The number of ether oxygens (including phenoxy) is 1. The summed E-state index contributed by atoms with van der Waals surface area (Å²) in [6.07, 6.45) is 1.05. The van der Waals surface area contributed by atoms with E-state index in [4.69, 9.17) is 4.74 Å². The van der Waals surface area contributed by atoms with Crippen molar-refractivity contribution < 1.29 is 4.74 Å². The SMILES string of the molecule is CCC(NC)c1cccc(Oc2cccc(N(C)C)c2)c1. The van der Waals surface area contributed by atoms with Crippen LogP contribution in [0.25, 0.3) is 0 Å². The maximum Gasteiger partial charge on any atom is 0.129 e. The molecule has 0 spiro atoms. The fourth-order valence-corrected chi connectivity index (χ4v) is 2.36. The maximum atomic E-state index is 5.99. The van der Waals surface area contributed by atoms with Gasteiger partial charge >= 0.3 is 0 Å². The van der Waals surface area contributed by atoms with Crippen LogP contribution in [-0.2, 0) is 0 Å². The molecule has 1 unspecified atom stereocenters. The van der Waals surface area contributed by atoms with Crippen molar-refractivity contribution >= 4 is 5.69 Å². The number of anilines is 1. The molecule has 21 heavy (non-hydrogen) atoms. The number of benzene rings is 2. The third kappa shape index (κ3) is 3.99. The maximum absolute atomic E-state index is 5.99. The van der Waals surface area contributed by atoms with Gasteiger partial charge in [0, 0.05) is 31.9 Å². The second-order valence-electron chi connectivity index (χ2n) is 5.32. The van der Waals surface area contributed by atoms with Crippen LogP contribution in [0, 0.1) is 0 Å². The van der Waals surface area contributed by atoms with Crippen LogP contribution < -0.4 is 15.0 Å². The Balaban J connectivity index is 2.20. The van der Waals surface area contributed by atoms with Crippen molar-refractivity contribution in [3.8, 4) is 11.5 Å². The van der Waals surface area contributed by atoms with Crippen LogP contribution >= 0.6 is 0 Å². The van der Waals surface area contributed by atoms with E-state index in [-0.39, 0.29) is 0 Å². The topological polar surface area (TPSA) is 24.5 Å². The van der Waals surface area contributed by atoms with Gasteiger partial charge in [-0.15, -0.1) is 0 Å². The van der Waals surface area contributed by atoms with Crippen LogP contribution in [0.15, 0.2) is 48.5 Å². The molecule has 0 bridgehead atoms. The van der Waals surface area contributed by atoms with E-state index in [1.807, 2.05) is 51.5 Å². The van der Waals surface area contributed by atoms with Gasteiger partial charge in [0.1, 0.15) is 11.5 Å². The fourth-order valence-electron chi connectivity index (χ4n) is 2.36. The highest BCUT2D eigenvalue weighted by molar-refractivity contribution is 5.50. The predicted octanol–water partition coefficient (Wildman–Crippen LogP) is 4.22. The van der Waals surface area contributed by atoms with Crippen molar-refractivity contribution in [1.29, 1.82) is 0 Å². The number of hydrogen-bond acceptors (Lipinski definition) is 3. The Kier molecular flexibility index (Phi) is 5.23. The zero-order chi connectivity index (χ0) is 15.2. The molecule has 0 amide bonds. The molecule has 3 nitrogen and oxygen atoms in total. The monoisotopic (exact) mass is 284 g/mol. The van der Waals surface area contributed by atoms with Gasteiger partial charge in [-0.2, -0.15) is 0 Å². The summed E-state index contributed by atoms with van der Waals surface area (Å²) in [6, 6.07) is 16.7. The zero-order valence-electron chi connectivity index (χ0n) is 13.3. The Labute approximate surface area is 127 Å². The summed E-state index contributed by atoms with van der Waals surface area (Å²) in [7, 11) is 6.04. The van der Waals surface area contributed by atoms with Crippen molar-refractivity contribution in [2.75, 3.05) is 26.0 Å². The van der Waals surface area contributed by atoms with E-state index >= 15 is 0 Å². The Bertz CT molecular complexity index is 577. The lowest BCUT2D eigenvalue weighted by Crippen LogP contribution is -2.14. The van der Waals surface area contributed by atoms with Crippen molar-refractivity contribution in [3.63, 3.8) is 0 Å². The molecule has 0 aliphatic rings. The van der Waals surface area contributed by atoms with Gasteiger partial charge in [0.15, 0.2) is 0 Å². The van der Waals surface area contributed by atoms with Crippen molar-refractivity contribution in [3.05, 3.63) is 54.1 Å². The molecule has 0 radical (unpaired) electrons. The largest absolute Gasteiger partial charge is 0.457 e. The molecule has 0 aromatic heterocycles. The van der Waals surface area contributed by atoms with Gasteiger partial charge in [0.05, 0.1) is 0 Å². The van der Waals surface area contributed by atoms with E-state index in [0.717, 1.165) is 23.6 Å². The number of nitrogens with one attached hydrogen (secondary N) is 1. The molecule has 2 aromatic carbocycles. The lowest BCUT2D eigenvalue weighted by atomic mass is 10.0. The van der Waals surface area contributed by atoms with Crippen LogP contribution in [0.2, 0.25) is 0 Å². The van der Waals surface area contributed by atoms with Gasteiger partial charge in [0.25, 0.3) is 0 Å². The highest BCUT2D eigenvalue weighted by Gasteiger charge is 2.08. The van der Waals surface area contributed by atoms with Crippen LogP contribution in [0.4, 0.5) is 5.69 Å². The molecule has 0 fully saturated rings. The van der Waals surface area contributed by atoms with Crippen molar-refractivity contribution in [2.45, 2.75) is 19.4 Å². The first-order valence-corrected chi connectivity index (χ1v) is 7.36. The number of nitrogens with zero attached hydrogens (tertiary/aromatic N) is 1. The Morgan fingerprint density at radius 3 is 2.33 bits per heavy atom. The summed E-state index contributed by atoms with van der Waals surface area (Å²) in [5, 5.41) is 3.32. The van der Waals surface area contributed by atoms with E-state index < -0.39 is 0 Å². The standard InChI is InChI=1S/C18H24N2O/c1-5-18(19-2)14-8-6-10-16(12-14)21-17-11-7-9-15(13-17)20(3)4/h6-13,18-19H,5H2,1-4H3. The third-order valence-corrected chi connectivity index (χ3v) is 3.59. The lowest BCUT2D eigenvalue weighted by Gasteiger charge is -2.16. The van der Waals surface area contributed by atoms with Crippen LogP contribution in [0.1, 0.15) is 24.9 Å². The average Bonchev–Trinajstić information content (AvgIpc) is 2.49. The Hall–Kier alpha value is -2.00. The smallest absolute Gasteiger partial charge is 0.129 e. The zero-order valence-corrected chi connectivity index (χ0v) is 13.3. The molecule has 0 aliphatic carbocycles. The van der Waals surface area contributed by atoms with Crippen LogP contribution in [-0.4, -0.2) is 21.1 Å². The summed E-state index contributed by atoms with van der Waals surface area (Å²) < 4.78 is 5.99. The van der Waals surface area contributed by atoms with Gasteiger partial charge < -0.3 is 15.0 Å². The summed E-state index contributed by atoms with van der Waals surface area (Å²) in [5.41, 5.74) is 2.38. The molecule has 1 atom stereocenters. The van der Waals surface area contributed by atoms with E-state index in [9.17, 15) is 0 Å². The molecule has 2 rings (SSSR count). The van der Waals surface area contributed by atoms with E-state index in [1.54, 1.807) is 0 Å². The molecule has 0 aliphatic heterocycles. The molecule has 0 heterocycles. The predicted molar refractivity (Wildman–Crippen MR) is 89.4 cm³/mol. The minimum atomic E-state index is 0.363.